The minimum atomic E-state index is -0.640. The number of esters is 1. The molecule has 2 aromatic carbocycles. The van der Waals surface area contributed by atoms with Crippen LogP contribution < -0.4 is 10.2 Å². The monoisotopic (exact) mass is 464 g/mol. The highest BCUT2D eigenvalue weighted by Gasteiger charge is 2.19. The molecule has 3 aromatic rings. The predicted octanol–water partition coefficient (Wildman–Crippen LogP) is 6.24. The fourth-order valence-electron chi connectivity index (χ4n) is 3.15. The molecule has 3 rings (SSSR count). The first-order chi connectivity index (χ1) is 14.3. The van der Waals surface area contributed by atoms with E-state index in [4.69, 9.17) is 27.9 Å². The van der Waals surface area contributed by atoms with Crippen LogP contribution >= 0.6 is 34.5 Å². The van der Waals surface area contributed by atoms with Gasteiger partial charge in [-0.25, -0.2) is 4.79 Å². The summed E-state index contributed by atoms with van der Waals surface area (Å²) in [6.07, 6.45) is 0. The molecule has 158 valence electrons. The molecule has 8 heteroatoms. The lowest BCUT2D eigenvalue weighted by Crippen LogP contribution is -2.30. The molecular formula is C22H22Cl2N2O3S. The summed E-state index contributed by atoms with van der Waals surface area (Å²) in [5.41, 5.74) is 1.71. The van der Waals surface area contributed by atoms with Gasteiger partial charge >= 0.3 is 5.97 Å². The number of hydrogen-bond donors (Lipinski definition) is 1. The van der Waals surface area contributed by atoms with Gasteiger partial charge in [-0.3, -0.25) is 4.79 Å². The van der Waals surface area contributed by atoms with E-state index in [-0.39, 0.29) is 4.88 Å². The van der Waals surface area contributed by atoms with Crippen molar-refractivity contribution >= 4 is 67.9 Å². The van der Waals surface area contributed by atoms with Crippen molar-refractivity contribution in [1.29, 1.82) is 0 Å². The second kappa shape index (κ2) is 9.69. The number of halogens is 2. The number of rotatable bonds is 7. The van der Waals surface area contributed by atoms with Gasteiger partial charge in [-0.05, 0) is 57.2 Å². The van der Waals surface area contributed by atoms with E-state index in [1.165, 1.54) is 11.3 Å². The third-order valence-electron chi connectivity index (χ3n) is 4.56. The summed E-state index contributed by atoms with van der Waals surface area (Å²) in [5, 5.41) is 4.32. The van der Waals surface area contributed by atoms with Crippen LogP contribution in [0.15, 0.2) is 42.5 Å². The highest BCUT2D eigenvalue weighted by atomic mass is 35.5. The molecule has 0 saturated heterocycles. The van der Waals surface area contributed by atoms with Gasteiger partial charge in [-0.15, -0.1) is 11.3 Å². The summed E-state index contributed by atoms with van der Waals surface area (Å²) >= 11 is 13.5. The molecule has 1 aromatic heterocycles. The minimum absolute atomic E-state index is 0.249. The van der Waals surface area contributed by atoms with Crippen molar-refractivity contribution in [2.75, 3.05) is 23.4 Å². The predicted molar refractivity (Wildman–Crippen MR) is 125 cm³/mol. The number of thiophene rings is 1. The van der Waals surface area contributed by atoms with Crippen LogP contribution in [0.4, 0.5) is 11.4 Å². The van der Waals surface area contributed by atoms with E-state index in [1.54, 1.807) is 18.2 Å². The minimum Gasteiger partial charge on any atom is -0.451 e. The summed E-state index contributed by atoms with van der Waals surface area (Å²) in [4.78, 5) is 27.1. The van der Waals surface area contributed by atoms with Crippen molar-refractivity contribution in [1.82, 2.24) is 0 Å². The molecule has 5 nitrogen and oxygen atoms in total. The van der Waals surface area contributed by atoms with Gasteiger partial charge in [0.2, 0.25) is 0 Å². The first kappa shape index (κ1) is 22.4. The highest BCUT2D eigenvalue weighted by molar-refractivity contribution is 7.21. The Labute approximate surface area is 189 Å². The molecule has 1 amide bonds. The van der Waals surface area contributed by atoms with Crippen molar-refractivity contribution in [3.05, 3.63) is 57.4 Å². The maximum absolute atomic E-state index is 12.4. The Morgan fingerprint density at radius 2 is 1.83 bits per heavy atom. The van der Waals surface area contributed by atoms with E-state index in [9.17, 15) is 9.59 Å². The molecule has 0 aliphatic heterocycles. The molecule has 0 aliphatic rings. The Morgan fingerprint density at radius 3 is 2.47 bits per heavy atom. The molecule has 0 spiro atoms. The maximum Gasteiger partial charge on any atom is 0.350 e. The average Bonchev–Trinajstić information content (AvgIpc) is 3.03. The lowest BCUT2D eigenvalue weighted by molar-refractivity contribution is -0.119. The second-order valence-electron chi connectivity index (χ2n) is 6.94. The van der Waals surface area contributed by atoms with E-state index in [1.807, 2.05) is 24.3 Å². The number of carbonyl (C=O) groups is 2. The van der Waals surface area contributed by atoms with Crippen LogP contribution in [0, 0.1) is 0 Å². The SMILES string of the molecule is CCN(c1ccc(NC(=O)COC(=O)c2sc3cc(Cl)ccc3c2Cl)cc1)C(C)C. The topological polar surface area (TPSA) is 58.6 Å². The molecule has 1 heterocycles. The number of nitrogens with zero attached hydrogens (tertiary/aromatic N) is 1. The van der Waals surface area contributed by atoms with Crippen molar-refractivity contribution in [3.8, 4) is 0 Å². The maximum atomic E-state index is 12.4. The Morgan fingerprint density at radius 1 is 1.13 bits per heavy atom. The second-order valence-corrected chi connectivity index (χ2v) is 8.80. The van der Waals surface area contributed by atoms with Crippen LogP contribution in [0.5, 0.6) is 0 Å². The van der Waals surface area contributed by atoms with Crippen molar-refractivity contribution < 1.29 is 14.3 Å². The van der Waals surface area contributed by atoms with E-state index < -0.39 is 18.5 Å². The first-order valence-corrected chi connectivity index (χ1v) is 11.1. The molecule has 30 heavy (non-hydrogen) atoms. The van der Waals surface area contributed by atoms with Crippen molar-refractivity contribution in [2.45, 2.75) is 26.8 Å². The van der Waals surface area contributed by atoms with Crippen LogP contribution in [0.3, 0.4) is 0 Å². The highest BCUT2D eigenvalue weighted by Crippen LogP contribution is 2.37. The normalized spacial score (nSPS) is 11.0. The van der Waals surface area contributed by atoms with Gasteiger partial charge in [0, 0.05) is 39.1 Å². The fraction of sp³-hybridized carbons (Fsp3) is 0.273. The summed E-state index contributed by atoms with van der Waals surface area (Å²) in [6, 6.07) is 13.1. The molecule has 0 atom stereocenters. The Bertz CT molecular complexity index is 1060. The van der Waals surface area contributed by atoms with E-state index in [0.717, 1.165) is 22.3 Å². The summed E-state index contributed by atoms with van der Waals surface area (Å²) in [5.74, 6) is -1.06. The summed E-state index contributed by atoms with van der Waals surface area (Å²) < 4.78 is 5.93. The third-order valence-corrected chi connectivity index (χ3v) is 6.43. The summed E-state index contributed by atoms with van der Waals surface area (Å²) in [6.45, 7) is 6.85. The number of fused-ring (bicyclic) bond motifs is 1. The van der Waals surface area contributed by atoms with Crippen LogP contribution in [-0.2, 0) is 9.53 Å². The zero-order valence-electron chi connectivity index (χ0n) is 16.9. The number of benzene rings is 2. The molecule has 0 unspecified atom stereocenters. The summed E-state index contributed by atoms with van der Waals surface area (Å²) in [7, 11) is 0. The van der Waals surface area contributed by atoms with E-state index >= 15 is 0 Å². The van der Waals surface area contributed by atoms with Gasteiger partial charge in [-0.1, -0.05) is 29.3 Å². The number of nitrogens with one attached hydrogen (secondary N) is 1. The van der Waals surface area contributed by atoms with Gasteiger partial charge in [0.1, 0.15) is 4.88 Å². The van der Waals surface area contributed by atoms with Gasteiger partial charge in [0.05, 0.1) is 5.02 Å². The number of ether oxygens (including phenoxy) is 1. The van der Waals surface area contributed by atoms with Crippen LogP contribution in [-0.4, -0.2) is 31.1 Å². The van der Waals surface area contributed by atoms with Gasteiger partial charge in [0.15, 0.2) is 6.61 Å². The molecule has 0 saturated carbocycles. The van der Waals surface area contributed by atoms with Crippen LogP contribution in [0.25, 0.3) is 10.1 Å². The van der Waals surface area contributed by atoms with Gasteiger partial charge in [0.25, 0.3) is 5.91 Å². The lowest BCUT2D eigenvalue weighted by atomic mass is 10.2. The standard InChI is InChI=1S/C22H22Cl2N2O3S/c1-4-26(13(2)3)16-8-6-15(7-9-16)25-19(27)12-29-22(28)21-20(24)17-10-5-14(23)11-18(17)30-21/h5-11,13H,4,12H2,1-3H3,(H,25,27). The Hall–Kier alpha value is -2.28. The van der Waals surface area contributed by atoms with Crippen molar-refractivity contribution in [2.24, 2.45) is 0 Å². The molecule has 0 fully saturated rings. The number of hydrogen-bond acceptors (Lipinski definition) is 5. The third kappa shape index (κ3) is 5.06. The first-order valence-electron chi connectivity index (χ1n) is 9.51. The van der Waals surface area contributed by atoms with Gasteiger partial charge in [-0.2, -0.15) is 0 Å². The zero-order chi connectivity index (χ0) is 21.8. The van der Waals surface area contributed by atoms with Crippen LogP contribution in [0.1, 0.15) is 30.4 Å². The molecule has 1 N–H and O–H groups in total. The zero-order valence-corrected chi connectivity index (χ0v) is 19.2. The largest absolute Gasteiger partial charge is 0.451 e. The fourth-order valence-corrected chi connectivity index (χ4v) is 4.82. The average molecular weight is 465 g/mol. The number of anilines is 2. The lowest BCUT2D eigenvalue weighted by Gasteiger charge is -2.27. The number of carbonyl (C=O) groups excluding carboxylic acids is 2. The molecule has 0 bridgehead atoms. The van der Waals surface area contributed by atoms with Crippen LogP contribution in [0.2, 0.25) is 10.0 Å². The molecule has 0 aliphatic carbocycles. The van der Waals surface area contributed by atoms with E-state index in [0.29, 0.717) is 21.8 Å². The molecule has 0 radical (unpaired) electrons. The van der Waals surface area contributed by atoms with Gasteiger partial charge < -0.3 is 15.0 Å². The smallest absolute Gasteiger partial charge is 0.350 e. The number of amides is 1. The quantitative estimate of drug-likeness (QED) is 0.420. The molecular weight excluding hydrogens is 443 g/mol. The van der Waals surface area contributed by atoms with Crippen molar-refractivity contribution in [3.63, 3.8) is 0 Å². The Kier molecular flexibility index (Phi) is 7.23. The Balaban J connectivity index is 1.59. The van der Waals surface area contributed by atoms with E-state index in [2.05, 4.69) is 31.0 Å².